The zero-order valence-corrected chi connectivity index (χ0v) is 15.6. The van der Waals surface area contributed by atoms with Crippen LogP contribution < -0.4 is 0 Å². The Kier molecular flexibility index (Phi) is 4.63. The molecule has 0 saturated carbocycles. The Morgan fingerprint density at radius 3 is 2.39 bits per heavy atom. The number of hydrogen-bond donors (Lipinski definition) is 0. The first kappa shape index (κ1) is 18.0. The van der Waals surface area contributed by atoms with Gasteiger partial charge < -0.3 is 4.90 Å². The van der Waals surface area contributed by atoms with Crippen LogP contribution >= 0.6 is 0 Å². The van der Waals surface area contributed by atoms with Crippen LogP contribution in [-0.4, -0.2) is 53.6 Å². The van der Waals surface area contributed by atoms with Crippen LogP contribution in [-0.2, 0) is 15.4 Å². The summed E-state index contributed by atoms with van der Waals surface area (Å²) in [6.07, 6.45) is 0.502. The summed E-state index contributed by atoms with van der Waals surface area (Å²) in [5.74, 6) is 0.243. The maximum Gasteiger partial charge on any atom is 0.274 e. The van der Waals surface area contributed by atoms with Crippen LogP contribution in [0.3, 0.4) is 0 Å². The Morgan fingerprint density at radius 2 is 2.00 bits per heavy atom. The van der Waals surface area contributed by atoms with E-state index < -0.39 is 9.84 Å². The van der Waals surface area contributed by atoms with Crippen molar-refractivity contribution in [1.82, 2.24) is 14.7 Å². The molecule has 1 amide bonds. The van der Waals surface area contributed by atoms with Crippen molar-refractivity contribution in [3.63, 3.8) is 0 Å². The topological polar surface area (TPSA) is 72.3 Å². The highest BCUT2D eigenvalue weighted by Crippen LogP contribution is 2.25. The van der Waals surface area contributed by atoms with E-state index in [1.54, 1.807) is 7.05 Å². The van der Waals surface area contributed by atoms with Crippen molar-refractivity contribution < 1.29 is 13.2 Å². The average Bonchev–Trinajstić information content (AvgIpc) is 3.00. The lowest BCUT2D eigenvalue weighted by Gasteiger charge is -2.24. The second kappa shape index (κ2) is 5.92. The third kappa shape index (κ3) is 3.76. The maximum absolute atomic E-state index is 12.7. The van der Waals surface area contributed by atoms with Crippen molar-refractivity contribution in [1.29, 1.82) is 0 Å². The summed E-state index contributed by atoms with van der Waals surface area (Å²) >= 11 is 0. The quantitative estimate of drug-likeness (QED) is 0.843. The third-order valence-corrected chi connectivity index (χ3v) is 6.01. The monoisotopic (exact) mass is 341 g/mol. The number of nitrogens with zero attached hydrogens (tertiary/aromatic N) is 3. The highest BCUT2D eigenvalue weighted by Gasteiger charge is 2.34. The maximum atomic E-state index is 12.7. The molecule has 0 radical (unpaired) electrons. The van der Waals surface area contributed by atoms with Crippen LogP contribution in [0.5, 0.6) is 0 Å². The van der Waals surface area contributed by atoms with Crippen molar-refractivity contribution >= 4 is 15.7 Å². The number of rotatable bonds is 3. The third-order valence-electron chi connectivity index (χ3n) is 4.26. The van der Waals surface area contributed by atoms with Crippen molar-refractivity contribution in [3.05, 3.63) is 17.5 Å². The van der Waals surface area contributed by atoms with Crippen LogP contribution in [0.2, 0.25) is 0 Å². The molecule has 0 unspecified atom stereocenters. The molecule has 0 N–H and O–H groups in total. The Balaban J connectivity index is 2.29. The summed E-state index contributed by atoms with van der Waals surface area (Å²) in [6.45, 7) is 10.3. The van der Waals surface area contributed by atoms with Crippen molar-refractivity contribution in [2.75, 3.05) is 18.6 Å². The van der Waals surface area contributed by atoms with Gasteiger partial charge in [-0.3, -0.25) is 9.48 Å². The van der Waals surface area contributed by atoms with E-state index in [4.69, 9.17) is 0 Å². The standard InChI is InChI=1S/C16H27N3O3S/c1-11(2)14-9-13(17-19(14)16(3,4)5)15(20)18(6)12-7-8-23(21,22)10-12/h9,11-12H,7-8,10H2,1-6H3/t12-/m0/s1. The highest BCUT2D eigenvalue weighted by atomic mass is 32.2. The van der Waals surface area contributed by atoms with Gasteiger partial charge in [-0.15, -0.1) is 0 Å². The van der Waals surface area contributed by atoms with Gasteiger partial charge in [-0.2, -0.15) is 5.10 Å². The van der Waals surface area contributed by atoms with Crippen LogP contribution in [0.25, 0.3) is 0 Å². The Labute approximate surface area is 138 Å². The van der Waals surface area contributed by atoms with Gasteiger partial charge in [-0.1, -0.05) is 13.8 Å². The summed E-state index contributed by atoms with van der Waals surface area (Å²) in [7, 11) is -1.35. The van der Waals surface area contributed by atoms with Crippen LogP contribution in [0.4, 0.5) is 0 Å². The van der Waals surface area contributed by atoms with E-state index >= 15 is 0 Å². The van der Waals surface area contributed by atoms with Crippen molar-refractivity contribution in [2.45, 2.75) is 58.5 Å². The zero-order chi connectivity index (χ0) is 17.6. The molecular formula is C16H27N3O3S. The smallest absolute Gasteiger partial charge is 0.274 e. The number of sulfone groups is 1. The minimum absolute atomic E-state index is 0.0479. The van der Waals surface area contributed by atoms with Gasteiger partial charge in [0.2, 0.25) is 0 Å². The number of hydrogen-bond acceptors (Lipinski definition) is 4. The van der Waals surface area contributed by atoms with Gasteiger partial charge in [-0.05, 0) is 39.2 Å². The molecule has 1 aromatic heterocycles. The largest absolute Gasteiger partial charge is 0.336 e. The number of carbonyl (C=O) groups is 1. The average molecular weight is 341 g/mol. The van der Waals surface area contributed by atoms with Crippen LogP contribution in [0.15, 0.2) is 6.07 Å². The van der Waals surface area contributed by atoms with E-state index in [1.807, 2.05) is 31.5 Å². The van der Waals surface area contributed by atoms with E-state index in [1.165, 1.54) is 4.90 Å². The number of aromatic nitrogens is 2. The lowest BCUT2D eigenvalue weighted by molar-refractivity contribution is 0.0740. The molecular weight excluding hydrogens is 314 g/mol. The van der Waals surface area contributed by atoms with E-state index in [9.17, 15) is 13.2 Å². The van der Waals surface area contributed by atoms with E-state index in [-0.39, 0.29) is 34.9 Å². The predicted octanol–water partition coefficient (Wildman–Crippen LogP) is 2.02. The van der Waals surface area contributed by atoms with Gasteiger partial charge in [0, 0.05) is 18.8 Å². The number of amides is 1. The first-order chi connectivity index (χ1) is 10.4. The molecule has 0 aromatic carbocycles. The van der Waals surface area contributed by atoms with Gasteiger partial charge >= 0.3 is 0 Å². The Morgan fingerprint density at radius 1 is 1.39 bits per heavy atom. The highest BCUT2D eigenvalue weighted by molar-refractivity contribution is 7.91. The second-order valence-electron chi connectivity index (χ2n) is 7.66. The van der Waals surface area contributed by atoms with Crippen molar-refractivity contribution in [2.24, 2.45) is 0 Å². The molecule has 6 nitrogen and oxygen atoms in total. The van der Waals surface area contributed by atoms with E-state index in [0.29, 0.717) is 12.1 Å². The fraction of sp³-hybridized carbons (Fsp3) is 0.750. The molecule has 0 spiro atoms. The lowest BCUT2D eigenvalue weighted by atomic mass is 10.1. The first-order valence-electron chi connectivity index (χ1n) is 8.00. The van der Waals surface area contributed by atoms with Crippen molar-refractivity contribution in [3.8, 4) is 0 Å². The predicted molar refractivity (Wildman–Crippen MR) is 90.5 cm³/mol. The fourth-order valence-electron chi connectivity index (χ4n) is 2.88. The summed E-state index contributed by atoms with van der Waals surface area (Å²) < 4.78 is 25.1. The molecule has 0 aliphatic carbocycles. The molecule has 1 atom stereocenters. The molecule has 0 bridgehead atoms. The lowest BCUT2D eigenvalue weighted by Crippen LogP contribution is -2.38. The molecule has 2 rings (SSSR count). The van der Waals surface area contributed by atoms with E-state index in [2.05, 4.69) is 18.9 Å². The molecule has 1 aliphatic heterocycles. The van der Waals surface area contributed by atoms with Gasteiger partial charge in [0.1, 0.15) is 0 Å². The van der Waals surface area contributed by atoms with E-state index in [0.717, 1.165) is 5.69 Å². The van der Waals surface area contributed by atoms with Gasteiger partial charge in [0.15, 0.2) is 15.5 Å². The summed E-state index contributed by atoms with van der Waals surface area (Å²) in [4.78, 5) is 14.2. The fourth-order valence-corrected chi connectivity index (χ4v) is 4.65. The summed E-state index contributed by atoms with van der Waals surface area (Å²) in [6, 6.07) is 1.58. The SMILES string of the molecule is CC(C)c1cc(C(=O)N(C)[C@H]2CCS(=O)(=O)C2)nn1C(C)(C)C. The van der Waals surface area contributed by atoms with Crippen LogP contribution in [0.1, 0.15) is 63.1 Å². The summed E-state index contributed by atoms with van der Waals surface area (Å²) in [5.41, 5.74) is 1.18. The molecule has 1 aromatic rings. The van der Waals surface area contributed by atoms with Crippen LogP contribution in [0, 0.1) is 0 Å². The summed E-state index contributed by atoms with van der Waals surface area (Å²) in [5, 5.41) is 4.51. The molecule has 1 saturated heterocycles. The van der Waals surface area contributed by atoms with Gasteiger partial charge in [-0.25, -0.2) is 8.42 Å². The minimum Gasteiger partial charge on any atom is -0.336 e. The molecule has 130 valence electrons. The first-order valence-corrected chi connectivity index (χ1v) is 9.82. The molecule has 1 fully saturated rings. The van der Waals surface area contributed by atoms with Gasteiger partial charge in [0.25, 0.3) is 5.91 Å². The molecule has 2 heterocycles. The number of carbonyl (C=O) groups excluding carboxylic acids is 1. The molecule has 1 aliphatic rings. The Bertz CT molecular complexity index is 699. The second-order valence-corrected chi connectivity index (χ2v) is 9.89. The molecule has 7 heteroatoms. The minimum atomic E-state index is -3.02. The zero-order valence-electron chi connectivity index (χ0n) is 14.8. The molecule has 23 heavy (non-hydrogen) atoms. The Hall–Kier alpha value is -1.37. The normalized spacial score (nSPS) is 20.9. The van der Waals surface area contributed by atoms with Gasteiger partial charge in [0.05, 0.1) is 17.0 Å².